The topological polar surface area (TPSA) is 43.4 Å². The minimum absolute atomic E-state index is 0.0478. The van der Waals surface area contributed by atoms with Gasteiger partial charge in [-0.05, 0) is 59.6 Å². The molecule has 0 bridgehead atoms. The van der Waals surface area contributed by atoms with Gasteiger partial charge in [-0.2, -0.15) is 13.2 Å². The van der Waals surface area contributed by atoms with E-state index in [1.54, 1.807) is 0 Å². The van der Waals surface area contributed by atoms with Gasteiger partial charge in [0, 0.05) is 11.1 Å². The molecule has 0 amide bonds. The van der Waals surface area contributed by atoms with E-state index in [9.17, 15) is 40.3 Å². The zero-order valence-electron chi connectivity index (χ0n) is 13.2. The highest BCUT2D eigenvalue weighted by Crippen LogP contribution is 2.32. The molecule has 0 fully saturated rings. The van der Waals surface area contributed by atoms with Crippen molar-refractivity contribution in [3.05, 3.63) is 65.0 Å². The molecule has 2 aromatic carbocycles. The van der Waals surface area contributed by atoms with Crippen molar-refractivity contribution in [3.8, 4) is 5.75 Å². The highest BCUT2D eigenvalue weighted by atomic mass is 35.5. The first kappa shape index (κ1) is 23.7. The van der Waals surface area contributed by atoms with Gasteiger partial charge >= 0.3 is 12.5 Å². The van der Waals surface area contributed by atoms with Crippen molar-refractivity contribution in [2.45, 2.75) is 12.5 Å². The van der Waals surface area contributed by atoms with Gasteiger partial charge in [0.25, 0.3) is 10.5 Å². The first-order chi connectivity index (χ1) is 12.7. The highest BCUT2D eigenvalue weighted by Gasteiger charge is 2.34. The lowest BCUT2D eigenvalue weighted by molar-refractivity contribution is -0.274. The fourth-order valence-electron chi connectivity index (χ4n) is 1.68. The molecule has 3 nitrogen and oxygen atoms in total. The molecule has 0 radical (unpaired) electrons. The van der Waals surface area contributed by atoms with Crippen molar-refractivity contribution in [2.75, 3.05) is 0 Å². The molecule has 2 aromatic rings. The van der Waals surface area contributed by atoms with Crippen LogP contribution in [0.3, 0.4) is 0 Å². The molecular weight excluding hydrogens is 444 g/mol. The number of hydrogen-bond donors (Lipinski definition) is 0. The van der Waals surface area contributed by atoms with E-state index in [1.807, 2.05) is 0 Å². The second-order valence-corrected chi connectivity index (χ2v) is 5.50. The molecule has 0 unspecified atom stereocenters. The Kier molecular flexibility index (Phi) is 7.83. The molecule has 152 valence electrons. The highest BCUT2D eigenvalue weighted by molar-refractivity contribution is 6.68. The van der Waals surface area contributed by atoms with Crippen LogP contribution in [-0.4, -0.2) is 16.8 Å². The summed E-state index contributed by atoms with van der Waals surface area (Å²) in [5.74, 6) is -1.90. The van der Waals surface area contributed by atoms with Gasteiger partial charge in [0.15, 0.2) is 0 Å². The Morgan fingerprint density at radius 3 is 1.82 bits per heavy atom. The molecule has 0 aromatic heterocycles. The lowest BCUT2D eigenvalue weighted by atomic mass is 10.1. The maximum absolute atomic E-state index is 12.7. The Labute approximate surface area is 162 Å². The predicted octanol–water partition coefficient (Wildman–Crippen LogP) is 6.19. The standard InChI is InChI=1S/C8H3ClF4O.C8H4ClF3O2/c9-7(14)4-1-2-6(10)5(3-4)8(11,12)13;9-7(13)5-2-1-3-6(4-5)14-8(10,11)12/h1-3H;1-4H. The largest absolute Gasteiger partial charge is 0.573 e. The van der Waals surface area contributed by atoms with Crippen LogP contribution in [0.15, 0.2) is 42.5 Å². The third kappa shape index (κ3) is 7.73. The predicted molar refractivity (Wildman–Crippen MR) is 84.9 cm³/mol. The van der Waals surface area contributed by atoms with Gasteiger partial charge in [0.1, 0.15) is 11.6 Å². The molecule has 0 aliphatic carbocycles. The van der Waals surface area contributed by atoms with E-state index >= 15 is 0 Å². The number of halogens is 9. The third-order valence-corrected chi connectivity index (χ3v) is 3.23. The lowest BCUT2D eigenvalue weighted by Crippen LogP contribution is -2.17. The molecular formula is C16H7Cl2F7O3. The summed E-state index contributed by atoms with van der Waals surface area (Å²) in [7, 11) is 0. The zero-order chi connectivity index (χ0) is 21.7. The van der Waals surface area contributed by atoms with Crippen LogP contribution in [0, 0.1) is 5.82 Å². The number of ether oxygens (including phenoxy) is 1. The van der Waals surface area contributed by atoms with E-state index in [0.717, 1.165) is 18.2 Å². The molecule has 12 heteroatoms. The van der Waals surface area contributed by atoms with Gasteiger partial charge in [-0.15, -0.1) is 13.2 Å². The Hall–Kier alpha value is -2.33. The number of carbonyl (C=O) groups is 2. The van der Waals surface area contributed by atoms with Crippen LogP contribution in [0.5, 0.6) is 5.75 Å². The summed E-state index contributed by atoms with van der Waals surface area (Å²) in [6.07, 6.45) is -9.60. The minimum atomic E-state index is -4.83. The van der Waals surface area contributed by atoms with E-state index < -0.39 is 40.2 Å². The van der Waals surface area contributed by atoms with E-state index in [1.165, 1.54) is 12.1 Å². The monoisotopic (exact) mass is 450 g/mol. The fourth-order valence-corrected chi connectivity index (χ4v) is 1.92. The van der Waals surface area contributed by atoms with Crippen molar-refractivity contribution >= 4 is 33.7 Å². The first-order valence-electron chi connectivity index (χ1n) is 6.83. The van der Waals surface area contributed by atoms with Gasteiger partial charge < -0.3 is 4.74 Å². The summed E-state index contributed by atoms with van der Waals surface area (Å²) in [5, 5.41) is -1.90. The van der Waals surface area contributed by atoms with Crippen LogP contribution in [0.25, 0.3) is 0 Å². The van der Waals surface area contributed by atoms with Gasteiger partial charge in [0.2, 0.25) is 0 Å². The van der Waals surface area contributed by atoms with Crippen LogP contribution in [0.1, 0.15) is 26.3 Å². The van der Waals surface area contributed by atoms with E-state index in [0.29, 0.717) is 12.1 Å². The van der Waals surface area contributed by atoms with Crippen LogP contribution >= 0.6 is 23.2 Å². The molecule has 0 N–H and O–H groups in total. The summed E-state index contributed by atoms with van der Waals surface area (Å²) in [6, 6.07) is 6.36. The maximum atomic E-state index is 12.7. The Morgan fingerprint density at radius 2 is 1.36 bits per heavy atom. The summed E-state index contributed by atoms with van der Waals surface area (Å²) in [6.45, 7) is 0. The van der Waals surface area contributed by atoms with Crippen molar-refractivity contribution in [1.29, 1.82) is 0 Å². The van der Waals surface area contributed by atoms with Gasteiger partial charge in [-0.25, -0.2) is 4.39 Å². The van der Waals surface area contributed by atoms with Crippen molar-refractivity contribution in [1.82, 2.24) is 0 Å². The van der Waals surface area contributed by atoms with Crippen LogP contribution in [0.4, 0.5) is 30.7 Å². The molecule has 0 saturated heterocycles. The first-order valence-corrected chi connectivity index (χ1v) is 7.58. The van der Waals surface area contributed by atoms with Crippen LogP contribution in [-0.2, 0) is 6.18 Å². The molecule has 0 aliphatic rings. The number of hydrogen-bond acceptors (Lipinski definition) is 3. The van der Waals surface area contributed by atoms with E-state index in [4.69, 9.17) is 23.2 Å². The lowest BCUT2D eigenvalue weighted by Gasteiger charge is -2.08. The van der Waals surface area contributed by atoms with E-state index in [2.05, 4.69) is 4.74 Å². The summed E-state index contributed by atoms with van der Waals surface area (Å²) < 4.78 is 87.7. The van der Waals surface area contributed by atoms with Crippen molar-refractivity contribution < 1.29 is 45.1 Å². The average molecular weight is 451 g/mol. The molecule has 28 heavy (non-hydrogen) atoms. The molecule has 0 atom stereocenters. The van der Waals surface area contributed by atoms with Crippen molar-refractivity contribution in [3.63, 3.8) is 0 Å². The average Bonchev–Trinajstić information content (AvgIpc) is 2.53. The van der Waals surface area contributed by atoms with Crippen LogP contribution in [0.2, 0.25) is 0 Å². The van der Waals surface area contributed by atoms with Crippen LogP contribution < -0.4 is 4.74 Å². The Balaban J connectivity index is 0.000000280. The number of carbonyl (C=O) groups excluding carboxylic acids is 2. The molecule has 0 aliphatic heterocycles. The second-order valence-electron chi connectivity index (χ2n) is 4.82. The van der Waals surface area contributed by atoms with Gasteiger partial charge in [0.05, 0.1) is 5.56 Å². The normalized spacial score (nSPS) is 11.3. The summed E-state index contributed by atoms with van der Waals surface area (Å²) in [5.41, 5.74) is -1.93. The molecule has 0 spiro atoms. The van der Waals surface area contributed by atoms with E-state index in [-0.39, 0.29) is 11.1 Å². The smallest absolute Gasteiger partial charge is 0.406 e. The van der Waals surface area contributed by atoms with Gasteiger partial charge in [-0.1, -0.05) is 6.07 Å². The molecule has 2 rings (SSSR count). The summed E-state index contributed by atoms with van der Waals surface area (Å²) in [4.78, 5) is 21.1. The SMILES string of the molecule is O=C(Cl)c1ccc(F)c(C(F)(F)F)c1.O=C(Cl)c1cccc(OC(F)(F)F)c1. The number of alkyl halides is 6. The number of rotatable bonds is 3. The Bertz CT molecular complexity index is 864. The third-order valence-electron chi connectivity index (χ3n) is 2.79. The quantitative estimate of drug-likeness (QED) is 0.413. The second kappa shape index (κ2) is 9.24. The fraction of sp³-hybridized carbons (Fsp3) is 0.125. The molecule has 0 saturated carbocycles. The Morgan fingerprint density at radius 1 is 0.821 bits per heavy atom. The molecule has 0 heterocycles. The maximum Gasteiger partial charge on any atom is 0.573 e. The zero-order valence-corrected chi connectivity index (χ0v) is 14.7. The minimum Gasteiger partial charge on any atom is -0.406 e. The van der Waals surface area contributed by atoms with Gasteiger partial charge in [-0.3, -0.25) is 9.59 Å². The van der Waals surface area contributed by atoms with Crippen molar-refractivity contribution in [2.24, 2.45) is 0 Å². The summed E-state index contributed by atoms with van der Waals surface area (Å²) >= 11 is 10.0. The number of benzene rings is 2.